The second-order valence-electron chi connectivity index (χ2n) is 6.19. The lowest BCUT2D eigenvalue weighted by atomic mass is 9.98. The summed E-state index contributed by atoms with van der Waals surface area (Å²) in [4.78, 5) is 2.60. The fourth-order valence-electron chi connectivity index (χ4n) is 3.74. The van der Waals surface area contributed by atoms with E-state index in [1.54, 1.807) is 0 Å². The monoisotopic (exact) mass is 352 g/mol. The third-order valence-corrected chi connectivity index (χ3v) is 5.36. The summed E-state index contributed by atoms with van der Waals surface area (Å²) in [5.74, 6) is 0.958. The van der Waals surface area contributed by atoms with Crippen LogP contribution >= 0.6 is 15.9 Å². The standard InChI is InChI=1S/C17H25BrN2O/c1-2-20(16-11-14-5-6-15(12-16)19-14)9-10-21-17-7-3-13(18)4-8-17/h3-4,7-8,14-16,19H,2,5-6,9-12H2,1H3. The number of rotatable bonds is 6. The maximum absolute atomic E-state index is 5.88. The van der Waals surface area contributed by atoms with Crippen molar-refractivity contribution in [3.63, 3.8) is 0 Å². The van der Waals surface area contributed by atoms with Crippen molar-refractivity contribution in [2.75, 3.05) is 19.7 Å². The summed E-state index contributed by atoms with van der Waals surface area (Å²) < 4.78 is 6.97. The van der Waals surface area contributed by atoms with Crippen molar-refractivity contribution in [2.24, 2.45) is 0 Å². The molecule has 4 heteroatoms. The Morgan fingerprint density at radius 1 is 1.19 bits per heavy atom. The smallest absolute Gasteiger partial charge is 0.119 e. The molecular weight excluding hydrogens is 328 g/mol. The number of nitrogens with one attached hydrogen (secondary N) is 1. The number of halogens is 1. The van der Waals surface area contributed by atoms with E-state index in [1.165, 1.54) is 25.7 Å². The van der Waals surface area contributed by atoms with Gasteiger partial charge in [0.15, 0.2) is 0 Å². The van der Waals surface area contributed by atoms with Crippen LogP contribution in [0.1, 0.15) is 32.6 Å². The summed E-state index contributed by atoms with van der Waals surface area (Å²) in [6, 6.07) is 10.3. The Morgan fingerprint density at radius 2 is 1.86 bits per heavy atom. The van der Waals surface area contributed by atoms with Crippen LogP contribution in [0.2, 0.25) is 0 Å². The maximum atomic E-state index is 5.88. The topological polar surface area (TPSA) is 24.5 Å². The SMILES string of the molecule is CCN(CCOc1ccc(Br)cc1)C1CC2CCC(C1)N2. The Morgan fingerprint density at radius 3 is 2.48 bits per heavy atom. The number of benzene rings is 1. The molecule has 0 saturated carbocycles. The van der Waals surface area contributed by atoms with Crippen molar-refractivity contribution in [3.8, 4) is 5.75 Å². The molecule has 2 saturated heterocycles. The first-order valence-electron chi connectivity index (χ1n) is 8.13. The molecule has 3 rings (SSSR count). The molecule has 0 spiro atoms. The van der Waals surface area contributed by atoms with E-state index >= 15 is 0 Å². The van der Waals surface area contributed by atoms with Crippen LogP contribution in [0.4, 0.5) is 0 Å². The van der Waals surface area contributed by atoms with E-state index < -0.39 is 0 Å². The average molecular weight is 353 g/mol. The molecule has 1 aromatic carbocycles. The molecule has 2 unspecified atom stereocenters. The van der Waals surface area contributed by atoms with Crippen molar-refractivity contribution < 1.29 is 4.74 Å². The van der Waals surface area contributed by atoms with Crippen molar-refractivity contribution in [2.45, 2.75) is 50.7 Å². The number of hydrogen-bond donors (Lipinski definition) is 1. The van der Waals surface area contributed by atoms with Crippen LogP contribution in [0.25, 0.3) is 0 Å². The Labute approximate surface area is 136 Å². The molecule has 2 aliphatic heterocycles. The van der Waals surface area contributed by atoms with E-state index in [1.807, 2.05) is 24.3 Å². The van der Waals surface area contributed by atoms with Crippen molar-refractivity contribution >= 4 is 15.9 Å². The van der Waals surface area contributed by atoms with Crippen LogP contribution in [0.5, 0.6) is 5.75 Å². The summed E-state index contributed by atoms with van der Waals surface area (Å²) >= 11 is 3.45. The fourth-order valence-corrected chi connectivity index (χ4v) is 4.00. The average Bonchev–Trinajstić information content (AvgIpc) is 2.84. The Bertz CT molecular complexity index is 439. The molecule has 2 fully saturated rings. The summed E-state index contributed by atoms with van der Waals surface area (Å²) in [6.07, 6.45) is 5.35. The Hall–Kier alpha value is -0.580. The summed E-state index contributed by atoms with van der Waals surface area (Å²) in [5.41, 5.74) is 0. The third-order valence-electron chi connectivity index (χ3n) is 4.83. The number of piperidine rings is 1. The molecule has 2 aliphatic rings. The van der Waals surface area contributed by atoms with Gasteiger partial charge in [0.05, 0.1) is 0 Å². The minimum Gasteiger partial charge on any atom is -0.492 e. The van der Waals surface area contributed by atoms with E-state index in [0.717, 1.165) is 48.0 Å². The highest BCUT2D eigenvalue weighted by molar-refractivity contribution is 9.10. The van der Waals surface area contributed by atoms with Crippen LogP contribution in [0.15, 0.2) is 28.7 Å². The Kier molecular flexibility index (Phi) is 5.19. The van der Waals surface area contributed by atoms with Gasteiger partial charge in [0.2, 0.25) is 0 Å². The molecule has 3 nitrogen and oxygen atoms in total. The van der Waals surface area contributed by atoms with Gasteiger partial charge in [-0.3, -0.25) is 4.90 Å². The van der Waals surface area contributed by atoms with Crippen LogP contribution < -0.4 is 10.1 Å². The molecule has 21 heavy (non-hydrogen) atoms. The molecule has 0 aliphatic carbocycles. The van der Waals surface area contributed by atoms with Gasteiger partial charge < -0.3 is 10.1 Å². The first kappa shape index (κ1) is 15.3. The van der Waals surface area contributed by atoms with E-state index in [4.69, 9.17) is 4.74 Å². The van der Waals surface area contributed by atoms with Crippen molar-refractivity contribution in [3.05, 3.63) is 28.7 Å². The van der Waals surface area contributed by atoms with Crippen LogP contribution in [0.3, 0.4) is 0 Å². The molecule has 1 N–H and O–H groups in total. The number of hydrogen-bond acceptors (Lipinski definition) is 3. The lowest BCUT2D eigenvalue weighted by Crippen LogP contribution is -2.49. The summed E-state index contributed by atoms with van der Waals surface area (Å²) in [6.45, 7) is 5.18. The molecule has 0 aromatic heterocycles. The second kappa shape index (κ2) is 7.12. The van der Waals surface area contributed by atoms with Gasteiger partial charge in [0.1, 0.15) is 12.4 Å². The van der Waals surface area contributed by atoms with Crippen LogP contribution in [-0.4, -0.2) is 42.7 Å². The highest BCUT2D eigenvalue weighted by Gasteiger charge is 2.35. The van der Waals surface area contributed by atoms with E-state index in [0.29, 0.717) is 0 Å². The van der Waals surface area contributed by atoms with Crippen LogP contribution in [0, 0.1) is 0 Å². The third kappa shape index (κ3) is 3.99. The molecule has 1 aromatic rings. The van der Waals surface area contributed by atoms with E-state index in [-0.39, 0.29) is 0 Å². The van der Waals surface area contributed by atoms with Gasteiger partial charge in [-0.15, -0.1) is 0 Å². The number of likely N-dealkylation sites (N-methyl/N-ethyl adjacent to an activating group) is 1. The summed E-state index contributed by atoms with van der Waals surface area (Å²) in [7, 11) is 0. The molecular formula is C17H25BrN2O. The summed E-state index contributed by atoms with van der Waals surface area (Å²) in [5, 5.41) is 3.72. The molecule has 116 valence electrons. The quantitative estimate of drug-likeness (QED) is 0.848. The minimum absolute atomic E-state index is 0.738. The largest absolute Gasteiger partial charge is 0.492 e. The fraction of sp³-hybridized carbons (Fsp3) is 0.647. The minimum atomic E-state index is 0.738. The van der Waals surface area contributed by atoms with Gasteiger partial charge in [-0.1, -0.05) is 22.9 Å². The zero-order valence-corrected chi connectivity index (χ0v) is 14.3. The van der Waals surface area contributed by atoms with Crippen molar-refractivity contribution in [1.29, 1.82) is 0 Å². The lowest BCUT2D eigenvalue weighted by molar-refractivity contribution is 0.125. The molecule has 2 heterocycles. The van der Waals surface area contributed by atoms with Crippen molar-refractivity contribution in [1.82, 2.24) is 10.2 Å². The first-order valence-corrected chi connectivity index (χ1v) is 8.92. The maximum Gasteiger partial charge on any atom is 0.119 e. The normalized spacial score (nSPS) is 28.0. The van der Waals surface area contributed by atoms with E-state index in [2.05, 4.69) is 33.1 Å². The Balaban J connectivity index is 1.47. The predicted molar refractivity (Wildman–Crippen MR) is 89.9 cm³/mol. The molecule has 2 atom stereocenters. The molecule has 0 amide bonds. The highest BCUT2D eigenvalue weighted by atomic mass is 79.9. The number of fused-ring (bicyclic) bond motifs is 2. The van der Waals surface area contributed by atoms with Crippen LogP contribution in [-0.2, 0) is 0 Å². The van der Waals surface area contributed by atoms with Gasteiger partial charge in [0.25, 0.3) is 0 Å². The predicted octanol–water partition coefficient (Wildman–Crippen LogP) is 3.43. The molecule has 2 bridgehead atoms. The van der Waals surface area contributed by atoms with Gasteiger partial charge in [0, 0.05) is 29.1 Å². The van der Waals surface area contributed by atoms with Gasteiger partial charge in [-0.05, 0) is 56.5 Å². The first-order chi connectivity index (χ1) is 10.2. The number of nitrogens with zero attached hydrogens (tertiary/aromatic N) is 1. The molecule has 0 radical (unpaired) electrons. The zero-order chi connectivity index (χ0) is 14.7. The van der Waals surface area contributed by atoms with Gasteiger partial charge >= 0.3 is 0 Å². The number of ether oxygens (including phenoxy) is 1. The van der Waals surface area contributed by atoms with Gasteiger partial charge in [-0.2, -0.15) is 0 Å². The zero-order valence-electron chi connectivity index (χ0n) is 12.7. The lowest BCUT2D eigenvalue weighted by Gasteiger charge is -2.37. The highest BCUT2D eigenvalue weighted by Crippen LogP contribution is 2.29. The van der Waals surface area contributed by atoms with Gasteiger partial charge in [-0.25, -0.2) is 0 Å². The second-order valence-corrected chi connectivity index (χ2v) is 7.11. The van der Waals surface area contributed by atoms with E-state index in [9.17, 15) is 0 Å².